The molecular formula is C20H24N2O4. The van der Waals surface area contributed by atoms with E-state index in [1.54, 1.807) is 18.7 Å². The molecule has 2 atom stereocenters. The van der Waals surface area contributed by atoms with Crippen LogP contribution in [0.15, 0.2) is 47.3 Å². The molecule has 2 aliphatic rings. The Bertz CT molecular complexity index is 719. The van der Waals surface area contributed by atoms with Crippen molar-refractivity contribution < 1.29 is 18.7 Å². The molecule has 26 heavy (non-hydrogen) atoms. The van der Waals surface area contributed by atoms with Crippen LogP contribution in [0.25, 0.3) is 0 Å². The van der Waals surface area contributed by atoms with Crippen LogP contribution in [0.1, 0.15) is 30.6 Å². The number of aromatic nitrogens is 1. The third-order valence-electron chi connectivity index (χ3n) is 5.21. The first kappa shape index (κ1) is 17.2. The number of likely N-dealkylation sites (tertiary alicyclic amines) is 1. The molecule has 0 aliphatic carbocycles. The Hall–Kier alpha value is -2.18. The number of amides is 1. The van der Waals surface area contributed by atoms with Gasteiger partial charge in [0, 0.05) is 31.9 Å². The minimum absolute atomic E-state index is 0.0725. The van der Waals surface area contributed by atoms with Crippen LogP contribution >= 0.6 is 0 Å². The van der Waals surface area contributed by atoms with E-state index in [2.05, 4.69) is 4.98 Å². The maximum Gasteiger partial charge on any atom is 0.230 e. The number of furan rings is 1. The highest BCUT2D eigenvalue weighted by atomic mass is 16.6. The Morgan fingerprint density at radius 2 is 2.23 bits per heavy atom. The lowest BCUT2D eigenvalue weighted by Gasteiger charge is -2.39. The summed E-state index contributed by atoms with van der Waals surface area (Å²) in [6, 6.07) is 7.57. The number of ether oxygens (including phenoxy) is 2. The molecule has 2 saturated heterocycles. The summed E-state index contributed by atoms with van der Waals surface area (Å²) in [5.74, 6) is 0.810. The van der Waals surface area contributed by atoms with Gasteiger partial charge in [-0.25, -0.2) is 0 Å². The van der Waals surface area contributed by atoms with Crippen LogP contribution in [0.4, 0.5) is 0 Å². The maximum atomic E-state index is 12.6. The Morgan fingerprint density at radius 1 is 1.35 bits per heavy atom. The quantitative estimate of drug-likeness (QED) is 0.824. The zero-order valence-electron chi connectivity index (χ0n) is 14.8. The van der Waals surface area contributed by atoms with Crippen molar-refractivity contribution in [2.75, 3.05) is 19.7 Å². The Morgan fingerprint density at radius 3 is 3.04 bits per heavy atom. The molecule has 0 saturated carbocycles. The van der Waals surface area contributed by atoms with Crippen molar-refractivity contribution in [2.24, 2.45) is 0 Å². The largest absolute Gasteiger partial charge is 0.469 e. The smallest absolute Gasteiger partial charge is 0.230 e. The van der Waals surface area contributed by atoms with Crippen molar-refractivity contribution in [1.29, 1.82) is 0 Å². The monoisotopic (exact) mass is 356 g/mol. The van der Waals surface area contributed by atoms with E-state index in [0.29, 0.717) is 31.9 Å². The number of piperidine rings is 1. The number of hydrogen-bond acceptors (Lipinski definition) is 5. The van der Waals surface area contributed by atoms with Crippen LogP contribution in [0.3, 0.4) is 0 Å². The summed E-state index contributed by atoms with van der Waals surface area (Å²) in [5, 5.41) is 0. The van der Waals surface area contributed by atoms with Crippen LogP contribution in [-0.2, 0) is 27.3 Å². The SMILES string of the molecule is O=C(Cc1ccco1)N1CCC[C@]2(C[C@@H](OCc3ccncc3)CO2)C1. The number of nitrogens with zero attached hydrogens (tertiary/aromatic N) is 2. The fourth-order valence-corrected chi connectivity index (χ4v) is 3.87. The number of carbonyl (C=O) groups is 1. The topological polar surface area (TPSA) is 64.8 Å². The number of rotatable bonds is 5. The van der Waals surface area contributed by atoms with Gasteiger partial charge in [-0.15, -0.1) is 0 Å². The highest BCUT2D eigenvalue weighted by Gasteiger charge is 2.44. The molecule has 138 valence electrons. The van der Waals surface area contributed by atoms with E-state index in [-0.39, 0.29) is 17.6 Å². The lowest BCUT2D eigenvalue weighted by molar-refractivity contribution is -0.138. The number of carbonyl (C=O) groups excluding carboxylic acids is 1. The second-order valence-corrected chi connectivity index (χ2v) is 7.16. The minimum atomic E-state index is -0.264. The second kappa shape index (κ2) is 7.60. The first-order valence-electron chi connectivity index (χ1n) is 9.17. The predicted molar refractivity (Wildman–Crippen MR) is 94.3 cm³/mol. The van der Waals surface area contributed by atoms with Crippen molar-refractivity contribution >= 4 is 5.91 Å². The van der Waals surface area contributed by atoms with Gasteiger partial charge in [-0.1, -0.05) is 0 Å². The van der Waals surface area contributed by atoms with E-state index >= 15 is 0 Å². The maximum absolute atomic E-state index is 12.6. The van der Waals surface area contributed by atoms with Crippen molar-refractivity contribution in [3.05, 3.63) is 54.2 Å². The van der Waals surface area contributed by atoms with E-state index < -0.39 is 0 Å². The molecule has 2 aromatic heterocycles. The van der Waals surface area contributed by atoms with Crippen molar-refractivity contribution in [2.45, 2.75) is 44.0 Å². The fraction of sp³-hybridized carbons (Fsp3) is 0.500. The van der Waals surface area contributed by atoms with Crippen molar-refractivity contribution in [3.8, 4) is 0 Å². The van der Waals surface area contributed by atoms with E-state index in [1.165, 1.54) is 0 Å². The van der Waals surface area contributed by atoms with Gasteiger partial charge >= 0.3 is 0 Å². The summed E-state index contributed by atoms with van der Waals surface area (Å²) >= 11 is 0. The lowest BCUT2D eigenvalue weighted by atomic mass is 9.89. The molecule has 2 aromatic rings. The molecule has 4 rings (SSSR count). The van der Waals surface area contributed by atoms with Gasteiger partial charge in [0.25, 0.3) is 0 Å². The van der Waals surface area contributed by atoms with Gasteiger partial charge in [0.15, 0.2) is 0 Å². The van der Waals surface area contributed by atoms with Gasteiger partial charge in [-0.05, 0) is 42.7 Å². The first-order valence-corrected chi connectivity index (χ1v) is 9.17. The van der Waals surface area contributed by atoms with Crippen LogP contribution in [0.5, 0.6) is 0 Å². The third-order valence-corrected chi connectivity index (χ3v) is 5.21. The van der Waals surface area contributed by atoms with E-state index in [4.69, 9.17) is 13.9 Å². The van der Waals surface area contributed by atoms with E-state index in [9.17, 15) is 4.79 Å². The fourth-order valence-electron chi connectivity index (χ4n) is 3.87. The number of hydrogen-bond donors (Lipinski definition) is 0. The molecule has 4 heterocycles. The summed E-state index contributed by atoms with van der Waals surface area (Å²) in [6.07, 6.45) is 8.31. The summed E-state index contributed by atoms with van der Waals surface area (Å²) in [6.45, 7) is 2.58. The minimum Gasteiger partial charge on any atom is -0.469 e. The van der Waals surface area contributed by atoms with Gasteiger partial charge in [-0.3, -0.25) is 9.78 Å². The summed E-state index contributed by atoms with van der Waals surface area (Å²) in [7, 11) is 0. The summed E-state index contributed by atoms with van der Waals surface area (Å²) < 4.78 is 17.5. The molecule has 0 N–H and O–H groups in total. The Kier molecular flexibility index (Phi) is 5.04. The van der Waals surface area contributed by atoms with Crippen LogP contribution in [-0.4, -0.2) is 47.2 Å². The third kappa shape index (κ3) is 3.97. The molecule has 1 amide bonds. The normalized spacial score (nSPS) is 25.7. The zero-order chi connectivity index (χ0) is 17.8. The average Bonchev–Trinajstić information content (AvgIpc) is 3.31. The molecule has 1 spiro atoms. The average molecular weight is 356 g/mol. The van der Waals surface area contributed by atoms with Gasteiger partial charge in [-0.2, -0.15) is 0 Å². The van der Waals surface area contributed by atoms with Crippen molar-refractivity contribution in [3.63, 3.8) is 0 Å². The van der Waals surface area contributed by atoms with Gasteiger partial charge in [0.1, 0.15) is 5.76 Å². The first-order chi connectivity index (χ1) is 12.7. The predicted octanol–water partition coefficient (Wildman–Crippen LogP) is 2.58. The van der Waals surface area contributed by atoms with E-state index in [0.717, 1.165) is 31.4 Å². The van der Waals surface area contributed by atoms with Gasteiger partial charge in [0.05, 0.1) is 37.6 Å². The molecule has 0 unspecified atom stereocenters. The van der Waals surface area contributed by atoms with Gasteiger partial charge < -0.3 is 18.8 Å². The zero-order valence-corrected chi connectivity index (χ0v) is 14.8. The summed E-state index contributed by atoms with van der Waals surface area (Å²) in [4.78, 5) is 18.5. The van der Waals surface area contributed by atoms with Crippen LogP contribution in [0.2, 0.25) is 0 Å². The molecule has 2 aliphatic heterocycles. The molecule has 2 fully saturated rings. The standard InChI is InChI=1S/C20H24N2O4/c23-19(11-17-3-1-10-24-17)22-9-2-6-20(15-22)12-18(14-26-20)25-13-16-4-7-21-8-5-16/h1,3-5,7-8,10,18H,2,6,9,11-15H2/t18-,20+/m1/s1. The number of pyridine rings is 1. The van der Waals surface area contributed by atoms with Crippen LogP contribution in [0, 0.1) is 0 Å². The second-order valence-electron chi connectivity index (χ2n) is 7.16. The van der Waals surface area contributed by atoms with Gasteiger partial charge in [0.2, 0.25) is 5.91 Å². The highest BCUT2D eigenvalue weighted by Crippen LogP contribution is 2.36. The highest BCUT2D eigenvalue weighted by molar-refractivity contribution is 5.78. The van der Waals surface area contributed by atoms with Crippen molar-refractivity contribution in [1.82, 2.24) is 9.88 Å². The molecule has 0 bridgehead atoms. The lowest BCUT2D eigenvalue weighted by Crippen LogP contribution is -2.50. The van der Waals surface area contributed by atoms with E-state index in [1.807, 2.05) is 29.2 Å². The molecule has 0 radical (unpaired) electrons. The molecule has 6 heteroatoms. The molecule has 0 aromatic carbocycles. The molecular weight excluding hydrogens is 332 g/mol. The summed E-state index contributed by atoms with van der Waals surface area (Å²) in [5.41, 5.74) is 0.847. The molecule has 6 nitrogen and oxygen atoms in total. The van der Waals surface area contributed by atoms with Crippen LogP contribution < -0.4 is 0 Å². The Labute approximate surface area is 153 Å². The Balaban J connectivity index is 1.31.